The molecule has 1 atom stereocenters. The molecule has 3 rings (SSSR count). The van der Waals surface area contributed by atoms with Crippen LogP contribution in [0.15, 0.2) is 11.3 Å². The Kier molecular flexibility index (Phi) is 2.30. The van der Waals surface area contributed by atoms with Gasteiger partial charge in [0, 0.05) is 19.1 Å². The fourth-order valence-electron chi connectivity index (χ4n) is 2.53. The second kappa shape index (κ2) is 3.71. The average molecular weight is 236 g/mol. The van der Waals surface area contributed by atoms with Crippen molar-refractivity contribution in [3.63, 3.8) is 0 Å². The minimum atomic E-state index is -0.815. The third-order valence-corrected chi connectivity index (χ3v) is 3.44. The van der Waals surface area contributed by atoms with Gasteiger partial charge >= 0.3 is 0 Å². The lowest BCUT2D eigenvalue weighted by molar-refractivity contribution is 0.0381. The molecule has 17 heavy (non-hydrogen) atoms. The first kappa shape index (κ1) is 10.5. The minimum absolute atomic E-state index is 0.219. The first-order valence-corrected chi connectivity index (χ1v) is 5.73. The standard InChI is InChI=1S/C10H16N6O/c11-9-15-8-7(13-5-14-8)10(12,16-9)6-1-3-17-4-2-6/h5-6H,1-4,12H2,(H,13,14)(H3,11,15,16). The van der Waals surface area contributed by atoms with Gasteiger partial charge in [-0.15, -0.1) is 0 Å². The third kappa shape index (κ3) is 1.58. The van der Waals surface area contributed by atoms with Crippen molar-refractivity contribution in [2.75, 3.05) is 18.5 Å². The van der Waals surface area contributed by atoms with Crippen LogP contribution in [0, 0.1) is 5.92 Å². The van der Waals surface area contributed by atoms with Crippen molar-refractivity contribution >= 4 is 11.8 Å². The molecule has 0 spiro atoms. The molecule has 1 aromatic heterocycles. The quantitative estimate of drug-likeness (QED) is 0.534. The predicted octanol–water partition coefficient (Wildman–Crippen LogP) is -0.312. The lowest BCUT2D eigenvalue weighted by atomic mass is 9.84. The van der Waals surface area contributed by atoms with Gasteiger partial charge in [-0.2, -0.15) is 0 Å². The van der Waals surface area contributed by atoms with Gasteiger partial charge in [-0.1, -0.05) is 0 Å². The van der Waals surface area contributed by atoms with E-state index >= 15 is 0 Å². The van der Waals surface area contributed by atoms with Crippen LogP contribution >= 0.6 is 0 Å². The van der Waals surface area contributed by atoms with Crippen molar-refractivity contribution in [2.45, 2.75) is 18.5 Å². The summed E-state index contributed by atoms with van der Waals surface area (Å²) in [4.78, 5) is 11.6. The van der Waals surface area contributed by atoms with Gasteiger partial charge in [0.15, 0.2) is 17.4 Å². The summed E-state index contributed by atoms with van der Waals surface area (Å²) in [6.07, 6.45) is 3.37. The molecule has 92 valence electrons. The van der Waals surface area contributed by atoms with Gasteiger partial charge in [0.25, 0.3) is 0 Å². The number of nitrogens with two attached hydrogens (primary N) is 2. The summed E-state index contributed by atoms with van der Waals surface area (Å²) < 4.78 is 5.36. The van der Waals surface area contributed by atoms with E-state index in [0.717, 1.165) is 31.7 Å². The summed E-state index contributed by atoms with van der Waals surface area (Å²) in [5.74, 6) is 1.21. The molecule has 0 aromatic carbocycles. The van der Waals surface area contributed by atoms with Crippen LogP contribution in [0.4, 0.5) is 5.82 Å². The summed E-state index contributed by atoms with van der Waals surface area (Å²) in [6.45, 7) is 1.44. The van der Waals surface area contributed by atoms with Crippen LogP contribution in [0.3, 0.4) is 0 Å². The van der Waals surface area contributed by atoms with E-state index in [4.69, 9.17) is 16.2 Å². The Hall–Kier alpha value is -1.60. The Bertz CT molecular complexity index is 449. The molecule has 1 unspecified atom stereocenters. The number of guanidine groups is 1. The number of nitrogens with zero attached hydrogens (tertiary/aromatic N) is 2. The van der Waals surface area contributed by atoms with Gasteiger partial charge < -0.3 is 26.5 Å². The van der Waals surface area contributed by atoms with Gasteiger partial charge in [-0.25, -0.2) is 9.98 Å². The number of nitrogens with one attached hydrogen (secondary N) is 2. The number of fused-ring (bicyclic) bond motifs is 1. The van der Waals surface area contributed by atoms with Gasteiger partial charge in [0.2, 0.25) is 0 Å². The summed E-state index contributed by atoms with van der Waals surface area (Å²) in [5.41, 5.74) is 12.2. The Labute approximate surface area is 98.6 Å². The molecular formula is C10H16N6O. The number of rotatable bonds is 1. The summed E-state index contributed by atoms with van der Waals surface area (Å²) in [5, 5.41) is 2.91. The molecule has 0 radical (unpaired) electrons. The van der Waals surface area contributed by atoms with E-state index in [1.54, 1.807) is 6.33 Å². The van der Waals surface area contributed by atoms with Crippen LogP contribution in [0.25, 0.3) is 0 Å². The Morgan fingerprint density at radius 1 is 1.41 bits per heavy atom. The Morgan fingerprint density at radius 2 is 2.18 bits per heavy atom. The van der Waals surface area contributed by atoms with Crippen molar-refractivity contribution in [3.05, 3.63) is 12.0 Å². The highest BCUT2D eigenvalue weighted by Gasteiger charge is 2.43. The lowest BCUT2D eigenvalue weighted by Gasteiger charge is -2.38. The summed E-state index contributed by atoms with van der Waals surface area (Å²) in [6, 6.07) is 0. The molecule has 2 aliphatic heterocycles. The number of hydrogen-bond acceptors (Lipinski definition) is 6. The first-order valence-electron chi connectivity index (χ1n) is 5.73. The second-order valence-electron chi connectivity index (χ2n) is 4.46. The van der Waals surface area contributed by atoms with E-state index in [-0.39, 0.29) is 5.92 Å². The zero-order valence-electron chi connectivity index (χ0n) is 9.44. The summed E-state index contributed by atoms with van der Waals surface area (Å²) >= 11 is 0. The van der Waals surface area contributed by atoms with E-state index < -0.39 is 5.66 Å². The molecule has 3 heterocycles. The van der Waals surface area contributed by atoms with E-state index in [0.29, 0.717) is 11.8 Å². The van der Waals surface area contributed by atoms with Crippen LogP contribution in [-0.2, 0) is 10.4 Å². The Balaban J connectivity index is 2.01. The molecule has 1 saturated heterocycles. The maximum atomic E-state index is 6.45. The van der Waals surface area contributed by atoms with E-state index in [1.165, 1.54) is 0 Å². The maximum absolute atomic E-state index is 6.45. The van der Waals surface area contributed by atoms with Crippen molar-refractivity contribution in [1.29, 1.82) is 0 Å². The molecule has 7 nitrogen and oxygen atoms in total. The predicted molar refractivity (Wildman–Crippen MR) is 63.2 cm³/mol. The van der Waals surface area contributed by atoms with Crippen LogP contribution in [-0.4, -0.2) is 29.1 Å². The van der Waals surface area contributed by atoms with Gasteiger partial charge in [0.1, 0.15) is 5.69 Å². The molecule has 0 bridgehead atoms. The minimum Gasteiger partial charge on any atom is -0.381 e. The van der Waals surface area contributed by atoms with Crippen molar-refractivity contribution in [2.24, 2.45) is 22.4 Å². The highest BCUT2D eigenvalue weighted by atomic mass is 16.5. The van der Waals surface area contributed by atoms with Gasteiger partial charge in [-0.3, -0.25) is 0 Å². The number of H-pyrrole nitrogens is 1. The highest BCUT2D eigenvalue weighted by Crippen LogP contribution is 2.38. The van der Waals surface area contributed by atoms with Crippen molar-refractivity contribution in [1.82, 2.24) is 9.97 Å². The largest absolute Gasteiger partial charge is 0.381 e. The SMILES string of the molecule is NC1=NC(N)(C2CCOCC2)c2[nH]cnc2N1. The number of aromatic amines is 1. The normalized spacial score (nSPS) is 29.4. The number of ether oxygens (including phenoxy) is 1. The molecule has 1 fully saturated rings. The lowest BCUT2D eigenvalue weighted by Crippen LogP contribution is -2.50. The number of aliphatic imine (C=N–C) groups is 1. The van der Waals surface area contributed by atoms with E-state index in [1.807, 2.05) is 0 Å². The second-order valence-corrected chi connectivity index (χ2v) is 4.46. The zero-order chi connectivity index (χ0) is 11.9. The van der Waals surface area contributed by atoms with Crippen molar-refractivity contribution < 1.29 is 4.74 Å². The monoisotopic (exact) mass is 236 g/mol. The Morgan fingerprint density at radius 3 is 2.94 bits per heavy atom. The maximum Gasteiger partial charge on any atom is 0.196 e. The third-order valence-electron chi connectivity index (χ3n) is 3.44. The molecule has 0 amide bonds. The van der Waals surface area contributed by atoms with Crippen LogP contribution in [0.1, 0.15) is 18.5 Å². The van der Waals surface area contributed by atoms with Gasteiger partial charge in [0.05, 0.1) is 6.33 Å². The summed E-state index contributed by atoms with van der Waals surface area (Å²) in [7, 11) is 0. The fourth-order valence-corrected chi connectivity index (χ4v) is 2.53. The van der Waals surface area contributed by atoms with E-state index in [9.17, 15) is 0 Å². The molecule has 1 aromatic rings. The molecule has 6 N–H and O–H groups in total. The van der Waals surface area contributed by atoms with Gasteiger partial charge in [-0.05, 0) is 12.8 Å². The zero-order valence-corrected chi connectivity index (χ0v) is 9.44. The highest BCUT2D eigenvalue weighted by molar-refractivity contribution is 5.94. The number of aromatic nitrogens is 2. The van der Waals surface area contributed by atoms with Crippen LogP contribution in [0.2, 0.25) is 0 Å². The molecule has 2 aliphatic rings. The molecule has 0 aliphatic carbocycles. The first-order chi connectivity index (χ1) is 8.20. The average Bonchev–Trinajstić information content (AvgIpc) is 2.79. The van der Waals surface area contributed by atoms with E-state index in [2.05, 4.69) is 20.3 Å². The fraction of sp³-hybridized carbons (Fsp3) is 0.600. The molecule has 7 heteroatoms. The van der Waals surface area contributed by atoms with Crippen LogP contribution < -0.4 is 16.8 Å². The number of imidazole rings is 1. The smallest absolute Gasteiger partial charge is 0.196 e. The van der Waals surface area contributed by atoms with Crippen LogP contribution in [0.5, 0.6) is 0 Å². The number of hydrogen-bond donors (Lipinski definition) is 4. The molecular weight excluding hydrogens is 220 g/mol. The topological polar surface area (TPSA) is 114 Å². The van der Waals surface area contributed by atoms with Crippen molar-refractivity contribution in [3.8, 4) is 0 Å². The number of anilines is 1. The molecule has 0 saturated carbocycles.